The first-order chi connectivity index (χ1) is 22.0. The fourth-order valence-corrected chi connectivity index (χ4v) is 7.22. The topological polar surface area (TPSA) is 117 Å². The maximum atomic E-state index is 14.6. The van der Waals surface area contributed by atoms with Gasteiger partial charge in [-0.25, -0.2) is 14.8 Å². The predicted octanol–water partition coefficient (Wildman–Crippen LogP) is 6.46. The van der Waals surface area contributed by atoms with E-state index in [1.807, 2.05) is 73.6 Å². The average Bonchev–Trinajstić information content (AvgIpc) is 3.45. The molecule has 0 radical (unpaired) electrons. The maximum absolute atomic E-state index is 14.6. The van der Waals surface area contributed by atoms with Crippen LogP contribution >= 0.6 is 0 Å². The number of esters is 2. The van der Waals surface area contributed by atoms with Crippen LogP contribution in [0.4, 0.5) is 0 Å². The van der Waals surface area contributed by atoms with Crippen molar-refractivity contribution in [1.29, 1.82) is 0 Å². The molecule has 2 bridgehead atoms. The number of carbonyl (C=O) groups excluding carboxylic acids is 3. The number of aryl methyl sites for hydroxylation is 1. The Morgan fingerprint density at radius 1 is 1.06 bits per heavy atom. The van der Waals surface area contributed by atoms with Gasteiger partial charge >= 0.3 is 11.9 Å². The number of ether oxygens (including phenoxy) is 4. The summed E-state index contributed by atoms with van der Waals surface area (Å²) in [5.74, 6) is -0.813. The van der Waals surface area contributed by atoms with Crippen molar-refractivity contribution in [2.24, 2.45) is 23.2 Å². The highest BCUT2D eigenvalue weighted by atomic mass is 16.6. The van der Waals surface area contributed by atoms with E-state index in [2.05, 4.69) is 0 Å². The van der Waals surface area contributed by atoms with Crippen molar-refractivity contribution >= 4 is 28.9 Å². The van der Waals surface area contributed by atoms with E-state index in [4.69, 9.17) is 28.9 Å². The van der Waals surface area contributed by atoms with E-state index in [0.29, 0.717) is 35.9 Å². The van der Waals surface area contributed by atoms with Gasteiger partial charge < -0.3 is 23.8 Å². The molecular formula is C37H53N3O7. The Bertz CT molecular complexity index is 1500. The SMILES string of the molecule is CC[C@@H]1[C@@H]2CN(C(=O)[C@H](C(C)(C)C)CC(=O)O[C@]3(C)C[C@H]3CCCCCc3nc4ccc(OC)cc4nc3O2)[C@@H]1C(=O)OC(C)(C)C. The van der Waals surface area contributed by atoms with E-state index in [1.165, 1.54) is 0 Å². The number of hydrogen-bond donors (Lipinski definition) is 0. The fourth-order valence-electron chi connectivity index (χ4n) is 7.22. The molecule has 10 heteroatoms. The molecule has 1 aliphatic carbocycles. The van der Waals surface area contributed by atoms with Crippen molar-refractivity contribution in [2.75, 3.05) is 13.7 Å². The molecular weight excluding hydrogens is 598 g/mol. The quantitative estimate of drug-likeness (QED) is 0.345. The highest BCUT2D eigenvalue weighted by Gasteiger charge is 2.55. The van der Waals surface area contributed by atoms with Gasteiger partial charge in [-0.15, -0.1) is 0 Å². The molecule has 47 heavy (non-hydrogen) atoms. The van der Waals surface area contributed by atoms with Crippen LogP contribution < -0.4 is 9.47 Å². The number of methoxy groups -OCH3 is 1. The lowest BCUT2D eigenvalue weighted by atomic mass is 9.77. The summed E-state index contributed by atoms with van der Waals surface area (Å²) in [7, 11) is 1.61. The summed E-state index contributed by atoms with van der Waals surface area (Å²) < 4.78 is 24.1. The first-order valence-electron chi connectivity index (χ1n) is 17.3. The Kier molecular flexibility index (Phi) is 9.82. The average molecular weight is 652 g/mol. The maximum Gasteiger partial charge on any atom is 0.329 e. The van der Waals surface area contributed by atoms with Crippen molar-refractivity contribution in [3.8, 4) is 11.6 Å². The fraction of sp³-hybridized carbons (Fsp3) is 0.703. The summed E-state index contributed by atoms with van der Waals surface area (Å²) in [5.41, 5.74) is 0.332. The van der Waals surface area contributed by atoms with Gasteiger partial charge in [0.05, 0.1) is 37.0 Å². The van der Waals surface area contributed by atoms with Gasteiger partial charge in [0.1, 0.15) is 34.8 Å². The number of carbonyl (C=O) groups is 3. The van der Waals surface area contributed by atoms with E-state index in [1.54, 1.807) is 12.0 Å². The molecule has 1 aromatic carbocycles. The summed E-state index contributed by atoms with van der Waals surface area (Å²) in [4.78, 5) is 53.5. The number of fused-ring (bicyclic) bond motifs is 5. The third-order valence-corrected chi connectivity index (χ3v) is 10.1. The molecule has 2 aromatic rings. The van der Waals surface area contributed by atoms with Gasteiger partial charge in [0.15, 0.2) is 0 Å². The standard InChI is InChI=1S/C37H53N3O7/c1-10-24-29-21-40(31(24)34(43)47-36(5,6)7)33(42)25(35(2,3)4)19-30(41)46-37(8)20-22(37)14-12-11-13-15-27-32(45-29)39-28-18-23(44-9)16-17-26(28)38-27/h16-18,22,24-25,29,31H,10-15,19-21H2,1-9H3/t22-,24-,25-,29+,31+,37-/m1/s1. The predicted molar refractivity (Wildman–Crippen MR) is 178 cm³/mol. The number of nitrogens with zero attached hydrogens (tertiary/aromatic N) is 3. The molecule has 1 saturated heterocycles. The van der Waals surface area contributed by atoms with E-state index < -0.39 is 40.7 Å². The van der Waals surface area contributed by atoms with E-state index in [0.717, 1.165) is 43.3 Å². The number of aromatic nitrogens is 2. The normalized spacial score (nSPS) is 29.1. The lowest BCUT2D eigenvalue weighted by Gasteiger charge is -2.35. The molecule has 0 unspecified atom stereocenters. The Labute approximate surface area is 279 Å². The lowest BCUT2D eigenvalue weighted by Crippen LogP contribution is -2.50. The monoisotopic (exact) mass is 651 g/mol. The van der Waals surface area contributed by atoms with Crippen LogP contribution in [0.5, 0.6) is 11.6 Å². The highest BCUT2D eigenvalue weighted by molar-refractivity contribution is 5.90. The molecule has 6 atom stereocenters. The zero-order chi connectivity index (χ0) is 34.3. The second-order valence-corrected chi connectivity index (χ2v) is 15.9. The van der Waals surface area contributed by atoms with Crippen molar-refractivity contribution in [2.45, 2.75) is 130 Å². The number of amides is 1. The van der Waals surface area contributed by atoms with Crippen LogP contribution in [0.15, 0.2) is 18.2 Å². The molecule has 3 heterocycles. The zero-order valence-corrected chi connectivity index (χ0v) is 29.7. The first-order valence-corrected chi connectivity index (χ1v) is 17.3. The summed E-state index contributed by atoms with van der Waals surface area (Å²) in [6, 6.07) is 4.72. The van der Waals surface area contributed by atoms with Gasteiger partial charge in [-0.3, -0.25) is 9.59 Å². The van der Waals surface area contributed by atoms with Crippen molar-refractivity contribution in [3.63, 3.8) is 0 Å². The van der Waals surface area contributed by atoms with E-state index in [-0.39, 0.29) is 30.8 Å². The van der Waals surface area contributed by atoms with Crippen LogP contribution in [0.3, 0.4) is 0 Å². The zero-order valence-electron chi connectivity index (χ0n) is 29.7. The van der Waals surface area contributed by atoms with E-state index >= 15 is 0 Å². The van der Waals surface area contributed by atoms with Crippen LogP contribution in [0.25, 0.3) is 11.0 Å². The Balaban J connectivity index is 1.58. The number of rotatable bonds is 3. The summed E-state index contributed by atoms with van der Waals surface area (Å²) in [6.45, 7) is 15.4. The second kappa shape index (κ2) is 13.2. The molecule has 2 fully saturated rings. The molecule has 5 rings (SSSR count). The number of hydrogen-bond acceptors (Lipinski definition) is 9. The molecule has 1 saturated carbocycles. The summed E-state index contributed by atoms with van der Waals surface area (Å²) in [6.07, 6.45) is 5.35. The summed E-state index contributed by atoms with van der Waals surface area (Å²) >= 11 is 0. The van der Waals surface area contributed by atoms with Gasteiger partial charge in [-0.05, 0) is 77.3 Å². The minimum atomic E-state index is -0.887. The van der Waals surface area contributed by atoms with Gasteiger partial charge in [0, 0.05) is 17.9 Å². The molecule has 1 aromatic heterocycles. The Hall–Kier alpha value is -3.43. The van der Waals surface area contributed by atoms with Crippen LogP contribution in [0.2, 0.25) is 0 Å². The first kappa shape index (κ1) is 34.9. The lowest BCUT2D eigenvalue weighted by molar-refractivity contribution is -0.167. The molecule has 10 nitrogen and oxygen atoms in total. The molecule has 0 spiro atoms. The molecule has 1 amide bonds. The highest BCUT2D eigenvalue weighted by Crippen LogP contribution is 2.50. The minimum Gasteiger partial charge on any atom is -0.497 e. The van der Waals surface area contributed by atoms with E-state index in [9.17, 15) is 14.4 Å². The van der Waals surface area contributed by atoms with Crippen LogP contribution in [0.1, 0.15) is 106 Å². The second-order valence-electron chi connectivity index (χ2n) is 15.9. The van der Waals surface area contributed by atoms with Gasteiger partial charge in [0.2, 0.25) is 11.8 Å². The van der Waals surface area contributed by atoms with Gasteiger partial charge in [-0.2, -0.15) is 0 Å². The van der Waals surface area contributed by atoms with Crippen LogP contribution in [-0.4, -0.2) is 69.7 Å². The molecule has 0 N–H and O–H groups in total. The Morgan fingerprint density at radius 2 is 1.81 bits per heavy atom. The minimum absolute atomic E-state index is 0.0629. The summed E-state index contributed by atoms with van der Waals surface area (Å²) in [5, 5.41) is 0. The number of benzene rings is 1. The molecule has 2 aliphatic heterocycles. The van der Waals surface area contributed by atoms with Gasteiger partial charge in [0.25, 0.3) is 0 Å². The Morgan fingerprint density at radius 3 is 2.47 bits per heavy atom. The third-order valence-electron chi connectivity index (χ3n) is 10.1. The van der Waals surface area contributed by atoms with Crippen LogP contribution in [-0.2, 0) is 30.3 Å². The van der Waals surface area contributed by atoms with Crippen molar-refractivity contribution < 1.29 is 33.3 Å². The van der Waals surface area contributed by atoms with Gasteiger partial charge in [-0.1, -0.05) is 40.5 Å². The smallest absolute Gasteiger partial charge is 0.329 e. The van der Waals surface area contributed by atoms with Crippen LogP contribution in [0, 0.1) is 23.2 Å². The largest absolute Gasteiger partial charge is 0.497 e. The van der Waals surface area contributed by atoms with Crippen molar-refractivity contribution in [3.05, 3.63) is 23.9 Å². The molecule has 3 aliphatic rings. The van der Waals surface area contributed by atoms with Crippen molar-refractivity contribution in [1.82, 2.24) is 14.9 Å². The molecule has 258 valence electrons. The third kappa shape index (κ3) is 7.83.